The molecule has 0 heterocycles. The number of hydrogen-bond acceptors (Lipinski definition) is 3. The first-order valence-corrected chi connectivity index (χ1v) is 7.47. The van der Waals surface area contributed by atoms with Gasteiger partial charge in [-0.25, -0.2) is 0 Å². The minimum Gasteiger partial charge on any atom is -0.380 e. The highest BCUT2D eigenvalue weighted by Crippen LogP contribution is 2.26. The molecule has 1 saturated carbocycles. The number of ether oxygens (including phenoxy) is 1. The van der Waals surface area contributed by atoms with E-state index < -0.39 is 0 Å². The Hall–Kier alpha value is -0.860. The van der Waals surface area contributed by atoms with Crippen LogP contribution in [0.1, 0.15) is 25.3 Å². The van der Waals surface area contributed by atoms with Gasteiger partial charge in [-0.15, -0.1) is 24.0 Å². The van der Waals surface area contributed by atoms with Crippen molar-refractivity contribution in [3.8, 4) is 0 Å². The lowest BCUT2D eigenvalue weighted by atomic mass is 10.2. The number of nitrogens with zero attached hydrogens (tertiary/aromatic N) is 2. The molecule has 22 heavy (non-hydrogen) atoms. The van der Waals surface area contributed by atoms with Crippen LogP contribution in [0.3, 0.4) is 0 Å². The Labute approximate surface area is 150 Å². The predicted octanol–water partition coefficient (Wildman–Crippen LogP) is 2.66. The average Bonchev–Trinajstić information content (AvgIpc) is 3.31. The van der Waals surface area contributed by atoms with Crippen LogP contribution in [0.2, 0.25) is 0 Å². The van der Waals surface area contributed by atoms with Crippen LogP contribution in [0.5, 0.6) is 0 Å². The smallest absolute Gasteiger partial charge is 0.193 e. The fourth-order valence-electron chi connectivity index (χ4n) is 2.30. The van der Waals surface area contributed by atoms with Gasteiger partial charge >= 0.3 is 0 Å². The van der Waals surface area contributed by atoms with Crippen molar-refractivity contribution < 1.29 is 4.74 Å². The van der Waals surface area contributed by atoms with Gasteiger partial charge in [-0.2, -0.15) is 0 Å². The Morgan fingerprint density at radius 1 is 1.45 bits per heavy atom. The molecule has 1 aliphatic rings. The second kappa shape index (κ2) is 9.32. The van der Waals surface area contributed by atoms with Crippen LogP contribution in [0, 0.1) is 0 Å². The number of anilines is 1. The Morgan fingerprint density at radius 2 is 2.14 bits per heavy atom. The number of hydrogen-bond donors (Lipinski definition) is 2. The van der Waals surface area contributed by atoms with Crippen LogP contribution in [-0.2, 0) is 11.3 Å². The number of methoxy groups -OCH3 is 1. The number of nitrogens with one attached hydrogen (secondary N) is 1. The van der Waals surface area contributed by atoms with Crippen LogP contribution < -0.4 is 11.1 Å². The first kappa shape index (κ1) is 19.2. The minimum absolute atomic E-state index is 0. The van der Waals surface area contributed by atoms with Crippen molar-refractivity contribution in [1.29, 1.82) is 0 Å². The van der Waals surface area contributed by atoms with Crippen LogP contribution in [0.15, 0.2) is 29.3 Å². The van der Waals surface area contributed by atoms with Crippen molar-refractivity contribution in [3.05, 3.63) is 29.8 Å². The largest absolute Gasteiger partial charge is 0.380 e. The highest BCUT2D eigenvalue weighted by Gasteiger charge is 2.28. The molecule has 1 unspecified atom stereocenters. The lowest BCUT2D eigenvalue weighted by Gasteiger charge is -2.22. The third-order valence-electron chi connectivity index (χ3n) is 3.92. The summed E-state index contributed by atoms with van der Waals surface area (Å²) < 4.78 is 5.19. The van der Waals surface area contributed by atoms with E-state index >= 15 is 0 Å². The number of nitrogens with two attached hydrogens (primary N) is 1. The summed E-state index contributed by atoms with van der Waals surface area (Å²) >= 11 is 0. The first-order chi connectivity index (χ1) is 10.1. The quantitative estimate of drug-likeness (QED) is 0.406. The second-order valence-corrected chi connectivity index (χ2v) is 5.69. The maximum Gasteiger partial charge on any atom is 0.193 e. The van der Waals surface area contributed by atoms with E-state index in [1.807, 2.05) is 24.3 Å². The van der Waals surface area contributed by atoms with E-state index in [9.17, 15) is 0 Å². The summed E-state index contributed by atoms with van der Waals surface area (Å²) in [6.07, 6.45) is 2.62. The Bertz CT molecular complexity index is 491. The Kier molecular flexibility index (Phi) is 8.13. The molecule has 1 fully saturated rings. The van der Waals surface area contributed by atoms with Crippen molar-refractivity contribution in [2.75, 3.05) is 26.0 Å². The third kappa shape index (κ3) is 5.73. The van der Waals surface area contributed by atoms with Crippen molar-refractivity contribution in [1.82, 2.24) is 4.90 Å². The van der Waals surface area contributed by atoms with Crippen molar-refractivity contribution in [3.63, 3.8) is 0 Å². The van der Waals surface area contributed by atoms with Gasteiger partial charge in [0.25, 0.3) is 0 Å². The number of aliphatic imine (C=N–C) groups is 1. The van der Waals surface area contributed by atoms with E-state index in [0.717, 1.165) is 17.3 Å². The van der Waals surface area contributed by atoms with Gasteiger partial charge in [-0.1, -0.05) is 18.2 Å². The molecular formula is C16H27IN4O. The summed E-state index contributed by atoms with van der Waals surface area (Å²) in [5, 5.41) is 3.16. The number of halogens is 1. The number of likely N-dealkylation sites (N-methyl/N-ethyl adjacent to an activating group) is 1. The van der Waals surface area contributed by atoms with Crippen LogP contribution in [-0.4, -0.2) is 43.6 Å². The van der Waals surface area contributed by atoms with E-state index in [1.165, 1.54) is 12.8 Å². The van der Waals surface area contributed by atoms with Crippen molar-refractivity contribution in [2.24, 2.45) is 10.7 Å². The molecule has 5 nitrogen and oxygen atoms in total. The molecule has 124 valence electrons. The lowest BCUT2D eigenvalue weighted by Crippen LogP contribution is -2.34. The predicted molar refractivity (Wildman–Crippen MR) is 103 cm³/mol. The third-order valence-corrected chi connectivity index (χ3v) is 3.92. The van der Waals surface area contributed by atoms with Crippen LogP contribution in [0.4, 0.5) is 5.69 Å². The normalized spacial score (nSPS) is 16.3. The highest BCUT2D eigenvalue weighted by molar-refractivity contribution is 14.0. The van der Waals surface area contributed by atoms with E-state index in [1.54, 1.807) is 7.11 Å². The van der Waals surface area contributed by atoms with Gasteiger partial charge < -0.3 is 15.8 Å². The molecular weight excluding hydrogens is 391 g/mol. The minimum atomic E-state index is 0. The molecule has 6 heteroatoms. The molecule has 1 aliphatic carbocycles. The van der Waals surface area contributed by atoms with Crippen molar-refractivity contribution in [2.45, 2.75) is 38.5 Å². The van der Waals surface area contributed by atoms with E-state index in [2.05, 4.69) is 29.2 Å². The number of guanidine groups is 1. The van der Waals surface area contributed by atoms with Gasteiger partial charge in [-0.05, 0) is 32.9 Å². The molecule has 0 aliphatic heterocycles. The first-order valence-electron chi connectivity index (χ1n) is 7.47. The zero-order valence-electron chi connectivity index (χ0n) is 13.6. The maximum atomic E-state index is 5.99. The molecule has 1 aromatic rings. The topological polar surface area (TPSA) is 62.9 Å². The maximum absolute atomic E-state index is 5.99. The molecule has 0 amide bonds. The van der Waals surface area contributed by atoms with Gasteiger partial charge in [0.15, 0.2) is 5.96 Å². The molecule has 1 atom stereocenters. The fourth-order valence-corrected chi connectivity index (χ4v) is 2.30. The van der Waals surface area contributed by atoms with E-state index in [0.29, 0.717) is 25.2 Å². The standard InChI is InChI=1S/C16H26N4O.HI/c1-12(20(2)14-8-9-14)10-18-16(17)19-15-7-5-4-6-13(15)11-21-3;/h4-7,12,14H,8-11H2,1-3H3,(H3,17,18,19);1H. The molecule has 3 N–H and O–H groups in total. The molecule has 2 rings (SSSR count). The number of benzene rings is 1. The zero-order chi connectivity index (χ0) is 15.2. The molecule has 0 bridgehead atoms. The molecule has 0 saturated heterocycles. The molecule has 1 aromatic carbocycles. The Morgan fingerprint density at radius 3 is 2.77 bits per heavy atom. The van der Waals surface area contributed by atoms with E-state index in [-0.39, 0.29) is 24.0 Å². The monoisotopic (exact) mass is 418 g/mol. The summed E-state index contributed by atoms with van der Waals surface area (Å²) in [5.74, 6) is 0.453. The Balaban J connectivity index is 0.00000242. The van der Waals surface area contributed by atoms with Gasteiger partial charge in [0.1, 0.15) is 0 Å². The van der Waals surface area contributed by atoms with Gasteiger partial charge in [0, 0.05) is 30.4 Å². The molecule has 0 spiro atoms. The van der Waals surface area contributed by atoms with Gasteiger partial charge in [0.2, 0.25) is 0 Å². The van der Waals surface area contributed by atoms with Gasteiger partial charge in [-0.3, -0.25) is 9.89 Å². The highest BCUT2D eigenvalue weighted by atomic mass is 127. The summed E-state index contributed by atoms with van der Waals surface area (Å²) in [4.78, 5) is 6.84. The SMILES string of the molecule is COCc1ccccc1NC(N)=NCC(C)N(C)C1CC1.I. The zero-order valence-corrected chi connectivity index (χ0v) is 15.9. The summed E-state index contributed by atoms with van der Waals surface area (Å²) in [7, 11) is 3.85. The summed E-state index contributed by atoms with van der Waals surface area (Å²) in [6, 6.07) is 9.11. The summed E-state index contributed by atoms with van der Waals surface area (Å²) in [6.45, 7) is 3.45. The molecule has 0 aromatic heterocycles. The van der Waals surface area contributed by atoms with Crippen molar-refractivity contribution >= 4 is 35.6 Å². The average molecular weight is 418 g/mol. The van der Waals surface area contributed by atoms with E-state index in [4.69, 9.17) is 10.5 Å². The second-order valence-electron chi connectivity index (χ2n) is 5.69. The molecule has 0 radical (unpaired) electrons. The fraction of sp³-hybridized carbons (Fsp3) is 0.562. The van der Waals surface area contributed by atoms with Crippen LogP contribution in [0.25, 0.3) is 0 Å². The lowest BCUT2D eigenvalue weighted by molar-refractivity contribution is 0.185. The number of para-hydroxylation sites is 1. The number of rotatable bonds is 7. The van der Waals surface area contributed by atoms with Gasteiger partial charge in [0.05, 0.1) is 13.2 Å². The van der Waals surface area contributed by atoms with Crippen LogP contribution >= 0.6 is 24.0 Å². The summed E-state index contributed by atoms with van der Waals surface area (Å²) in [5.41, 5.74) is 8.01.